The van der Waals surface area contributed by atoms with Crippen molar-refractivity contribution in [2.45, 2.75) is 52.5 Å². The summed E-state index contributed by atoms with van der Waals surface area (Å²) in [5.74, 6) is -1.73. The molecular formula is C20H28N2O4. The van der Waals surface area contributed by atoms with E-state index in [0.717, 1.165) is 5.69 Å². The van der Waals surface area contributed by atoms with Gasteiger partial charge in [-0.25, -0.2) is 0 Å². The smallest absolute Gasteiger partial charge is 0.305 e. The molecule has 1 aliphatic rings. The van der Waals surface area contributed by atoms with Crippen LogP contribution in [-0.4, -0.2) is 46.9 Å². The van der Waals surface area contributed by atoms with Gasteiger partial charge in [0.05, 0.1) is 6.42 Å². The number of carbonyl (C=O) groups excluding carboxylic acids is 2. The van der Waals surface area contributed by atoms with Crippen LogP contribution in [0.5, 0.6) is 0 Å². The Balaban J connectivity index is 2.11. The molecule has 6 nitrogen and oxygen atoms in total. The summed E-state index contributed by atoms with van der Waals surface area (Å²) in [5, 5.41) is 8.88. The normalized spacial score (nSPS) is 17.2. The number of amides is 2. The van der Waals surface area contributed by atoms with Crippen LogP contribution < -0.4 is 4.90 Å². The minimum absolute atomic E-state index is 0.120. The number of hydrogen-bond donors (Lipinski definition) is 1. The number of carboxylic acids is 1. The topological polar surface area (TPSA) is 77.9 Å². The van der Waals surface area contributed by atoms with Gasteiger partial charge in [0.2, 0.25) is 11.8 Å². The molecule has 1 aliphatic heterocycles. The van der Waals surface area contributed by atoms with Gasteiger partial charge >= 0.3 is 5.97 Å². The summed E-state index contributed by atoms with van der Waals surface area (Å²) in [7, 11) is 0. The summed E-state index contributed by atoms with van der Waals surface area (Å²) < 4.78 is 0. The predicted molar refractivity (Wildman–Crippen MR) is 100 cm³/mol. The molecule has 0 bridgehead atoms. The number of anilines is 1. The van der Waals surface area contributed by atoms with Crippen LogP contribution in [-0.2, 0) is 14.4 Å². The first kappa shape index (κ1) is 19.9. The molecule has 1 fully saturated rings. The minimum Gasteiger partial charge on any atom is -0.481 e. The number of carbonyl (C=O) groups is 3. The van der Waals surface area contributed by atoms with E-state index in [1.165, 1.54) is 10.5 Å². The van der Waals surface area contributed by atoms with Crippen LogP contribution in [0.1, 0.15) is 52.0 Å². The highest BCUT2D eigenvalue weighted by Crippen LogP contribution is 2.28. The predicted octanol–water partition coefficient (Wildman–Crippen LogP) is 2.87. The van der Waals surface area contributed by atoms with Crippen LogP contribution in [0, 0.1) is 5.92 Å². The molecular weight excluding hydrogens is 332 g/mol. The van der Waals surface area contributed by atoms with Crippen molar-refractivity contribution in [3.63, 3.8) is 0 Å². The summed E-state index contributed by atoms with van der Waals surface area (Å²) in [6.45, 7) is 8.52. The summed E-state index contributed by atoms with van der Waals surface area (Å²) >= 11 is 0. The monoisotopic (exact) mass is 360 g/mol. The molecule has 26 heavy (non-hydrogen) atoms. The zero-order valence-corrected chi connectivity index (χ0v) is 15.9. The van der Waals surface area contributed by atoms with E-state index in [0.29, 0.717) is 18.9 Å². The molecule has 1 saturated heterocycles. The molecule has 1 aromatic carbocycles. The lowest BCUT2D eigenvalue weighted by Gasteiger charge is -2.28. The van der Waals surface area contributed by atoms with Crippen molar-refractivity contribution in [3.8, 4) is 0 Å². The molecule has 0 radical (unpaired) electrons. The molecule has 0 saturated carbocycles. The van der Waals surface area contributed by atoms with Gasteiger partial charge in [-0.2, -0.15) is 0 Å². The number of aliphatic carboxylic acids is 1. The molecule has 0 aromatic heterocycles. The van der Waals surface area contributed by atoms with Crippen LogP contribution in [0.15, 0.2) is 24.3 Å². The van der Waals surface area contributed by atoms with E-state index in [-0.39, 0.29) is 30.8 Å². The van der Waals surface area contributed by atoms with Gasteiger partial charge in [0.15, 0.2) is 0 Å². The van der Waals surface area contributed by atoms with E-state index in [2.05, 4.69) is 13.8 Å². The van der Waals surface area contributed by atoms with Gasteiger partial charge in [-0.3, -0.25) is 14.4 Å². The molecule has 1 atom stereocenters. The molecule has 0 aliphatic carbocycles. The Bertz CT molecular complexity index is 667. The van der Waals surface area contributed by atoms with Gasteiger partial charge in [0.1, 0.15) is 5.92 Å². The maximum Gasteiger partial charge on any atom is 0.305 e. The average Bonchev–Trinajstić information content (AvgIpc) is 2.95. The molecule has 1 unspecified atom stereocenters. The summed E-state index contributed by atoms with van der Waals surface area (Å²) in [5.41, 5.74) is 2.00. The lowest BCUT2D eigenvalue weighted by Crippen LogP contribution is -2.44. The third kappa shape index (κ3) is 4.42. The summed E-state index contributed by atoms with van der Waals surface area (Å²) in [4.78, 5) is 39.6. The Labute approximate surface area is 154 Å². The molecule has 6 heteroatoms. The molecule has 1 aromatic rings. The quantitative estimate of drug-likeness (QED) is 0.759. The highest BCUT2D eigenvalue weighted by Gasteiger charge is 2.40. The van der Waals surface area contributed by atoms with Gasteiger partial charge in [-0.1, -0.05) is 26.0 Å². The molecule has 2 amide bonds. The van der Waals surface area contributed by atoms with Crippen molar-refractivity contribution in [3.05, 3.63) is 29.8 Å². The highest BCUT2D eigenvalue weighted by atomic mass is 16.4. The van der Waals surface area contributed by atoms with Crippen molar-refractivity contribution in [2.24, 2.45) is 5.92 Å². The van der Waals surface area contributed by atoms with Crippen molar-refractivity contribution in [1.29, 1.82) is 0 Å². The number of benzene rings is 1. The fourth-order valence-corrected chi connectivity index (χ4v) is 3.24. The average molecular weight is 360 g/mol. The minimum atomic E-state index is -0.951. The van der Waals surface area contributed by atoms with E-state index in [4.69, 9.17) is 5.11 Å². The van der Waals surface area contributed by atoms with E-state index in [1.807, 2.05) is 38.1 Å². The fourth-order valence-electron chi connectivity index (χ4n) is 3.24. The summed E-state index contributed by atoms with van der Waals surface area (Å²) in [6, 6.07) is 7.72. The maximum absolute atomic E-state index is 12.8. The first-order valence-electron chi connectivity index (χ1n) is 9.16. The van der Waals surface area contributed by atoms with Crippen molar-refractivity contribution in [1.82, 2.24) is 4.90 Å². The second-order valence-electron chi connectivity index (χ2n) is 7.35. The maximum atomic E-state index is 12.8. The number of carboxylic acid groups (broad SMARTS) is 1. The fraction of sp³-hybridized carbons (Fsp3) is 0.550. The molecule has 2 rings (SSSR count). The number of nitrogens with zero attached hydrogens (tertiary/aromatic N) is 2. The van der Waals surface area contributed by atoms with Crippen LogP contribution >= 0.6 is 0 Å². The first-order chi connectivity index (χ1) is 12.2. The van der Waals surface area contributed by atoms with Crippen LogP contribution in [0.25, 0.3) is 0 Å². The van der Waals surface area contributed by atoms with Crippen LogP contribution in [0.3, 0.4) is 0 Å². The Morgan fingerprint density at radius 3 is 2.31 bits per heavy atom. The van der Waals surface area contributed by atoms with Crippen molar-refractivity contribution in [2.75, 3.05) is 18.0 Å². The third-order valence-corrected chi connectivity index (χ3v) is 4.85. The van der Waals surface area contributed by atoms with Crippen molar-refractivity contribution >= 4 is 23.5 Å². The zero-order chi connectivity index (χ0) is 19.4. The molecule has 0 spiro atoms. The molecule has 1 N–H and O–H groups in total. The standard InChI is InChI=1S/C20H28N2O4/c1-13(2)15-5-7-16(8-6-15)22-11-9-17(20(22)26)19(25)21(14(3)4)12-10-18(23)24/h5-8,13-14,17H,9-12H2,1-4H3,(H,23,24). The van der Waals surface area contributed by atoms with E-state index >= 15 is 0 Å². The molecule has 142 valence electrons. The van der Waals surface area contributed by atoms with Crippen LogP contribution in [0.2, 0.25) is 0 Å². The zero-order valence-electron chi connectivity index (χ0n) is 15.9. The lowest BCUT2D eigenvalue weighted by atomic mass is 10.0. The largest absolute Gasteiger partial charge is 0.481 e. The second kappa shape index (κ2) is 8.34. The first-order valence-corrected chi connectivity index (χ1v) is 9.16. The third-order valence-electron chi connectivity index (χ3n) is 4.85. The van der Waals surface area contributed by atoms with E-state index in [9.17, 15) is 14.4 Å². The number of hydrogen-bond acceptors (Lipinski definition) is 3. The Morgan fingerprint density at radius 1 is 1.19 bits per heavy atom. The highest BCUT2D eigenvalue weighted by molar-refractivity contribution is 6.09. The van der Waals surface area contributed by atoms with E-state index < -0.39 is 11.9 Å². The van der Waals surface area contributed by atoms with E-state index in [1.54, 1.807) is 4.90 Å². The lowest BCUT2D eigenvalue weighted by molar-refractivity contribution is -0.142. The van der Waals surface area contributed by atoms with Gasteiger partial charge in [0, 0.05) is 24.8 Å². The Morgan fingerprint density at radius 2 is 1.81 bits per heavy atom. The van der Waals surface area contributed by atoms with Gasteiger partial charge in [0.25, 0.3) is 0 Å². The van der Waals surface area contributed by atoms with Gasteiger partial charge in [-0.05, 0) is 43.9 Å². The molecule has 1 heterocycles. The van der Waals surface area contributed by atoms with Crippen LogP contribution in [0.4, 0.5) is 5.69 Å². The Kier molecular flexibility index (Phi) is 6.40. The van der Waals surface area contributed by atoms with Gasteiger partial charge < -0.3 is 14.9 Å². The second-order valence-corrected chi connectivity index (χ2v) is 7.35. The number of rotatable bonds is 7. The SMILES string of the molecule is CC(C)c1ccc(N2CCC(C(=O)N(CCC(=O)O)C(C)C)C2=O)cc1. The van der Waals surface area contributed by atoms with Crippen molar-refractivity contribution < 1.29 is 19.5 Å². The summed E-state index contributed by atoms with van der Waals surface area (Å²) in [6.07, 6.45) is 0.338. The van der Waals surface area contributed by atoms with Gasteiger partial charge in [-0.15, -0.1) is 0 Å². The Hall–Kier alpha value is -2.37.